The predicted octanol–water partition coefficient (Wildman–Crippen LogP) is 3.47. The first-order valence-electron chi connectivity index (χ1n) is 7.02. The molecule has 0 amide bonds. The third kappa shape index (κ3) is 6.31. The number of nitrogens with zero attached hydrogens (tertiary/aromatic N) is 1. The van der Waals surface area contributed by atoms with E-state index in [-0.39, 0.29) is 24.0 Å². The second-order valence-corrected chi connectivity index (χ2v) is 5.05. The van der Waals surface area contributed by atoms with Crippen LogP contribution in [0.1, 0.15) is 11.3 Å². The number of aliphatic imine (C=N–C) groups is 1. The van der Waals surface area contributed by atoms with E-state index < -0.39 is 0 Å². The third-order valence-electron chi connectivity index (χ3n) is 3.18. The third-order valence-corrected chi connectivity index (χ3v) is 3.53. The van der Waals surface area contributed by atoms with Gasteiger partial charge in [0.2, 0.25) is 0 Å². The minimum Gasteiger partial charge on any atom is -0.497 e. The summed E-state index contributed by atoms with van der Waals surface area (Å²) < 4.78 is 10.4. The average molecular weight is 450 g/mol. The van der Waals surface area contributed by atoms with Gasteiger partial charge in [-0.05, 0) is 36.2 Å². The van der Waals surface area contributed by atoms with Crippen molar-refractivity contribution in [1.29, 1.82) is 0 Å². The summed E-state index contributed by atoms with van der Waals surface area (Å²) in [5, 5.41) is 7.13. The van der Waals surface area contributed by atoms with Gasteiger partial charge >= 0.3 is 0 Å². The molecule has 2 aromatic rings. The normalized spacial score (nSPS) is 10.8. The van der Waals surface area contributed by atoms with Crippen molar-refractivity contribution in [2.75, 3.05) is 20.7 Å². The number of benzene rings is 1. The summed E-state index contributed by atoms with van der Waals surface area (Å²) in [6.07, 6.45) is 2.45. The van der Waals surface area contributed by atoms with Crippen molar-refractivity contribution in [1.82, 2.24) is 10.6 Å². The Kier molecular flexibility index (Phi) is 8.86. The van der Waals surface area contributed by atoms with Gasteiger partial charge in [-0.25, -0.2) is 0 Å². The van der Waals surface area contributed by atoms with E-state index in [0.29, 0.717) is 11.6 Å². The Bertz CT molecular complexity index is 618. The topological polar surface area (TPSA) is 58.8 Å². The first kappa shape index (κ1) is 19.6. The van der Waals surface area contributed by atoms with Crippen molar-refractivity contribution < 1.29 is 9.15 Å². The molecule has 2 N–H and O–H groups in total. The molecule has 0 saturated carbocycles. The monoisotopic (exact) mass is 449 g/mol. The summed E-state index contributed by atoms with van der Waals surface area (Å²) in [6.45, 7) is 1.32. The lowest BCUT2D eigenvalue weighted by atomic mass is 10.1. The van der Waals surface area contributed by atoms with E-state index >= 15 is 0 Å². The summed E-state index contributed by atoms with van der Waals surface area (Å²) in [5.41, 5.74) is 1.07. The van der Waals surface area contributed by atoms with Crippen molar-refractivity contribution in [3.05, 3.63) is 52.9 Å². The van der Waals surface area contributed by atoms with Crippen molar-refractivity contribution >= 4 is 41.5 Å². The van der Waals surface area contributed by atoms with E-state index in [1.165, 1.54) is 0 Å². The van der Waals surface area contributed by atoms with Gasteiger partial charge < -0.3 is 19.8 Å². The van der Waals surface area contributed by atoms with Gasteiger partial charge in [0.25, 0.3) is 0 Å². The molecule has 0 aliphatic carbocycles. The van der Waals surface area contributed by atoms with Gasteiger partial charge in [0.1, 0.15) is 11.5 Å². The lowest BCUT2D eigenvalue weighted by Crippen LogP contribution is -2.37. The van der Waals surface area contributed by atoms with Crippen LogP contribution >= 0.6 is 35.6 Å². The van der Waals surface area contributed by atoms with Gasteiger partial charge in [-0.3, -0.25) is 4.99 Å². The number of guanidine groups is 1. The molecule has 2 rings (SSSR count). The first-order chi connectivity index (χ1) is 10.7. The molecule has 0 atom stereocenters. The minimum absolute atomic E-state index is 0. The molecule has 0 saturated heterocycles. The molecule has 23 heavy (non-hydrogen) atoms. The maximum absolute atomic E-state index is 6.22. The molecule has 126 valence electrons. The molecular weight excluding hydrogens is 429 g/mol. The van der Waals surface area contributed by atoms with Crippen LogP contribution in [0.5, 0.6) is 5.75 Å². The molecule has 0 spiro atoms. The summed E-state index contributed by atoms with van der Waals surface area (Å²) in [7, 11) is 3.36. The van der Waals surface area contributed by atoms with Crippen LogP contribution in [0.3, 0.4) is 0 Å². The maximum Gasteiger partial charge on any atom is 0.191 e. The number of ether oxygens (including phenoxy) is 1. The highest BCUT2D eigenvalue weighted by atomic mass is 127. The van der Waals surface area contributed by atoms with Gasteiger partial charge in [-0.1, -0.05) is 17.7 Å². The van der Waals surface area contributed by atoms with Gasteiger partial charge in [0.05, 0.1) is 19.9 Å². The first-order valence-corrected chi connectivity index (χ1v) is 7.40. The summed E-state index contributed by atoms with van der Waals surface area (Å²) in [4.78, 5) is 4.17. The number of hydrogen-bond donors (Lipinski definition) is 2. The maximum atomic E-state index is 6.22. The van der Waals surface area contributed by atoms with Gasteiger partial charge in [0, 0.05) is 18.6 Å². The lowest BCUT2D eigenvalue weighted by Gasteiger charge is -2.12. The average Bonchev–Trinajstić information content (AvgIpc) is 3.05. The van der Waals surface area contributed by atoms with Crippen LogP contribution < -0.4 is 15.4 Å². The van der Waals surface area contributed by atoms with Crippen molar-refractivity contribution in [2.45, 2.75) is 13.0 Å². The molecule has 0 unspecified atom stereocenters. The molecule has 0 fully saturated rings. The SMILES string of the molecule is CN=C(NCCc1ccc(OC)cc1Cl)NCc1ccco1.I. The number of methoxy groups -OCH3 is 1. The lowest BCUT2D eigenvalue weighted by molar-refractivity contribution is 0.414. The number of halogens is 2. The fourth-order valence-electron chi connectivity index (χ4n) is 1.98. The second kappa shape index (κ2) is 10.4. The fourth-order valence-corrected chi connectivity index (χ4v) is 2.24. The smallest absolute Gasteiger partial charge is 0.191 e. The Morgan fingerprint density at radius 3 is 2.74 bits per heavy atom. The Balaban J connectivity index is 0.00000264. The highest BCUT2D eigenvalue weighted by Crippen LogP contribution is 2.22. The molecular formula is C16H21ClIN3O2. The predicted molar refractivity (Wildman–Crippen MR) is 104 cm³/mol. The number of furan rings is 1. The molecule has 1 heterocycles. The van der Waals surface area contributed by atoms with Crippen molar-refractivity contribution in [3.8, 4) is 5.75 Å². The van der Waals surface area contributed by atoms with Crippen LogP contribution in [0.2, 0.25) is 5.02 Å². The van der Waals surface area contributed by atoms with Crippen LogP contribution in [0.4, 0.5) is 0 Å². The quantitative estimate of drug-likeness (QED) is 0.403. The highest BCUT2D eigenvalue weighted by molar-refractivity contribution is 14.0. The Morgan fingerprint density at radius 1 is 1.30 bits per heavy atom. The Morgan fingerprint density at radius 2 is 2.13 bits per heavy atom. The van der Waals surface area contributed by atoms with Crippen molar-refractivity contribution in [2.24, 2.45) is 4.99 Å². The number of rotatable bonds is 6. The largest absolute Gasteiger partial charge is 0.497 e. The van der Waals surface area contributed by atoms with Crippen LogP contribution in [-0.2, 0) is 13.0 Å². The summed E-state index contributed by atoms with van der Waals surface area (Å²) in [5.74, 6) is 2.35. The highest BCUT2D eigenvalue weighted by Gasteiger charge is 2.04. The second-order valence-electron chi connectivity index (χ2n) is 4.64. The molecule has 1 aromatic heterocycles. The van der Waals surface area contributed by atoms with Crippen molar-refractivity contribution in [3.63, 3.8) is 0 Å². The standard InChI is InChI=1S/C16H20ClN3O2.HI/c1-18-16(20-11-14-4-3-9-22-14)19-8-7-12-5-6-13(21-2)10-15(12)17;/h3-6,9-10H,7-8,11H2,1-2H3,(H2,18,19,20);1H. The van der Waals surface area contributed by atoms with Gasteiger partial charge in [0.15, 0.2) is 5.96 Å². The Hall–Kier alpha value is -1.41. The van der Waals surface area contributed by atoms with Crippen LogP contribution in [0.15, 0.2) is 46.0 Å². The summed E-state index contributed by atoms with van der Waals surface area (Å²) >= 11 is 6.22. The Labute approximate surface area is 158 Å². The van der Waals surface area contributed by atoms with Crippen LogP contribution in [0.25, 0.3) is 0 Å². The molecule has 0 radical (unpaired) electrons. The molecule has 0 aliphatic heterocycles. The zero-order valence-electron chi connectivity index (χ0n) is 13.1. The number of nitrogens with one attached hydrogen (secondary N) is 2. The van der Waals surface area contributed by atoms with E-state index in [4.69, 9.17) is 20.8 Å². The minimum atomic E-state index is 0. The van der Waals surface area contributed by atoms with Crippen LogP contribution in [-0.4, -0.2) is 26.7 Å². The molecule has 0 aliphatic rings. The van der Waals surface area contributed by atoms with E-state index in [9.17, 15) is 0 Å². The van der Waals surface area contributed by atoms with E-state index in [2.05, 4.69) is 15.6 Å². The molecule has 7 heteroatoms. The fraction of sp³-hybridized carbons (Fsp3) is 0.312. The summed E-state index contributed by atoms with van der Waals surface area (Å²) in [6, 6.07) is 9.48. The van der Waals surface area contributed by atoms with Crippen LogP contribution in [0, 0.1) is 0 Å². The zero-order valence-corrected chi connectivity index (χ0v) is 16.2. The van der Waals surface area contributed by atoms with Gasteiger partial charge in [-0.2, -0.15) is 0 Å². The molecule has 1 aromatic carbocycles. The van der Waals surface area contributed by atoms with E-state index in [1.807, 2.05) is 30.3 Å². The zero-order chi connectivity index (χ0) is 15.8. The van der Waals surface area contributed by atoms with E-state index in [0.717, 1.165) is 36.0 Å². The molecule has 5 nitrogen and oxygen atoms in total. The molecule has 0 bridgehead atoms. The van der Waals surface area contributed by atoms with E-state index in [1.54, 1.807) is 20.4 Å². The van der Waals surface area contributed by atoms with Gasteiger partial charge in [-0.15, -0.1) is 24.0 Å². The number of hydrogen-bond acceptors (Lipinski definition) is 3.